The highest BCUT2D eigenvalue weighted by Crippen LogP contribution is 2.24. The molecule has 0 aliphatic heterocycles. The van der Waals surface area contributed by atoms with Gasteiger partial charge in [0.15, 0.2) is 0 Å². The van der Waals surface area contributed by atoms with Crippen molar-refractivity contribution in [2.24, 2.45) is 5.73 Å². The quantitative estimate of drug-likeness (QED) is 0.772. The van der Waals surface area contributed by atoms with Crippen molar-refractivity contribution in [1.29, 1.82) is 0 Å². The van der Waals surface area contributed by atoms with E-state index in [9.17, 15) is 0 Å². The summed E-state index contributed by atoms with van der Waals surface area (Å²) < 4.78 is 0. The molecule has 0 amide bonds. The molecule has 80 valence electrons. The molecule has 1 heterocycles. The lowest BCUT2D eigenvalue weighted by Gasteiger charge is -2.05. The molecule has 0 aliphatic carbocycles. The van der Waals surface area contributed by atoms with Gasteiger partial charge in [0.25, 0.3) is 0 Å². The SMILES string of the molecule is Cc1ccc2c(CC(C)N)c[nH]c2c1C. The predicted molar refractivity (Wildman–Crippen MR) is 65.1 cm³/mol. The Hall–Kier alpha value is -1.28. The number of H-pyrrole nitrogens is 1. The first-order valence-electron chi connectivity index (χ1n) is 5.41. The van der Waals surface area contributed by atoms with Crippen molar-refractivity contribution < 1.29 is 0 Å². The fourth-order valence-electron chi connectivity index (χ4n) is 2.02. The van der Waals surface area contributed by atoms with Crippen LogP contribution >= 0.6 is 0 Å². The Morgan fingerprint density at radius 2 is 2.07 bits per heavy atom. The van der Waals surface area contributed by atoms with Gasteiger partial charge in [0.1, 0.15) is 0 Å². The topological polar surface area (TPSA) is 41.8 Å². The average molecular weight is 202 g/mol. The molecule has 0 saturated heterocycles. The Kier molecular flexibility index (Phi) is 2.53. The van der Waals surface area contributed by atoms with E-state index < -0.39 is 0 Å². The van der Waals surface area contributed by atoms with E-state index in [1.807, 2.05) is 6.92 Å². The molecule has 3 N–H and O–H groups in total. The van der Waals surface area contributed by atoms with Gasteiger partial charge >= 0.3 is 0 Å². The molecule has 1 unspecified atom stereocenters. The second-order valence-corrected chi connectivity index (χ2v) is 4.43. The number of rotatable bonds is 2. The molecular formula is C13H18N2. The molecule has 1 aromatic carbocycles. The molecule has 15 heavy (non-hydrogen) atoms. The number of aromatic amines is 1. The third kappa shape index (κ3) is 1.77. The Morgan fingerprint density at radius 1 is 1.33 bits per heavy atom. The molecule has 0 spiro atoms. The van der Waals surface area contributed by atoms with E-state index in [0.717, 1.165) is 6.42 Å². The highest BCUT2D eigenvalue weighted by atomic mass is 14.7. The van der Waals surface area contributed by atoms with Crippen molar-refractivity contribution >= 4 is 10.9 Å². The largest absolute Gasteiger partial charge is 0.361 e. The Balaban J connectivity index is 2.57. The van der Waals surface area contributed by atoms with Crippen LogP contribution in [-0.4, -0.2) is 11.0 Å². The van der Waals surface area contributed by atoms with Gasteiger partial charge in [-0.15, -0.1) is 0 Å². The lowest BCUT2D eigenvalue weighted by Crippen LogP contribution is -2.17. The van der Waals surface area contributed by atoms with Crippen LogP contribution in [0, 0.1) is 13.8 Å². The maximum atomic E-state index is 5.83. The summed E-state index contributed by atoms with van der Waals surface area (Å²) in [7, 11) is 0. The molecule has 1 atom stereocenters. The van der Waals surface area contributed by atoms with Crippen molar-refractivity contribution in [1.82, 2.24) is 4.98 Å². The average Bonchev–Trinajstić information content (AvgIpc) is 2.55. The number of hydrogen-bond donors (Lipinski definition) is 2. The number of benzene rings is 1. The molecule has 1 aromatic heterocycles. The number of aryl methyl sites for hydroxylation is 2. The van der Waals surface area contributed by atoms with E-state index in [-0.39, 0.29) is 6.04 Å². The van der Waals surface area contributed by atoms with Crippen molar-refractivity contribution in [2.45, 2.75) is 33.2 Å². The zero-order valence-electron chi connectivity index (χ0n) is 9.59. The van der Waals surface area contributed by atoms with Crippen LogP contribution in [0.3, 0.4) is 0 Å². The standard InChI is InChI=1S/C13H18N2/c1-8-4-5-12-11(6-9(2)14)7-15-13(12)10(8)3/h4-5,7,9,15H,6,14H2,1-3H3. The molecule has 0 radical (unpaired) electrons. The van der Waals surface area contributed by atoms with E-state index >= 15 is 0 Å². The summed E-state index contributed by atoms with van der Waals surface area (Å²) in [6, 6.07) is 4.58. The monoisotopic (exact) mass is 202 g/mol. The van der Waals surface area contributed by atoms with Crippen LogP contribution in [0.15, 0.2) is 18.3 Å². The Morgan fingerprint density at radius 3 is 2.73 bits per heavy atom. The molecule has 2 nitrogen and oxygen atoms in total. The molecule has 0 fully saturated rings. The normalized spacial score (nSPS) is 13.3. The Bertz CT molecular complexity index is 480. The van der Waals surface area contributed by atoms with Crippen molar-refractivity contribution in [3.05, 3.63) is 35.0 Å². The molecule has 0 bridgehead atoms. The maximum Gasteiger partial charge on any atom is 0.0489 e. The summed E-state index contributed by atoms with van der Waals surface area (Å²) in [5.41, 5.74) is 11.1. The molecular weight excluding hydrogens is 184 g/mol. The minimum Gasteiger partial charge on any atom is -0.361 e. The van der Waals surface area contributed by atoms with Gasteiger partial charge in [-0.2, -0.15) is 0 Å². The van der Waals surface area contributed by atoms with Crippen LogP contribution in [0.2, 0.25) is 0 Å². The fourth-order valence-corrected chi connectivity index (χ4v) is 2.02. The zero-order valence-corrected chi connectivity index (χ0v) is 9.59. The number of nitrogens with two attached hydrogens (primary N) is 1. The number of hydrogen-bond acceptors (Lipinski definition) is 1. The van der Waals surface area contributed by atoms with Gasteiger partial charge in [-0.25, -0.2) is 0 Å². The molecule has 2 heteroatoms. The first kappa shape index (κ1) is 10.2. The van der Waals surface area contributed by atoms with Crippen LogP contribution < -0.4 is 5.73 Å². The van der Waals surface area contributed by atoms with Crippen LogP contribution in [-0.2, 0) is 6.42 Å². The van der Waals surface area contributed by atoms with E-state index in [0.29, 0.717) is 0 Å². The summed E-state index contributed by atoms with van der Waals surface area (Å²) in [6.07, 6.45) is 3.02. The second kappa shape index (κ2) is 3.70. The van der Waals surface area contributed by atoms with Crippen molar-refractivity contribution in [3.63, 3.8) is 0 Å². The summed E-state index contributed by atoms with van der Waals surface area (Å²) >= 11 is 0. The third-order valence-electron chi connectivity index (χ3n) is 3.01. The van der Waals surface area contributed by atoms with Gasteiger partial charge in [-0.1, -0.05) is 12.1 Å². The maximum absolute atomic E-state index is 5.83. The predicted octanol–water partition coefficient (Wildman–Crippen LogP) is 2.67. The minimum absolute atomic E-state index is 0.214. The number of aromatic nitrogens is 1. The van der Waals surface area contributed by atoms with E-state index in [1.165, 1.54) is 27.6 Å². The lowest BCUT2D eigenvalue weighted by atomic mass is 10.0. The molecule has 2 aromatic rings. The van der Waals surface area contributed by atoms with Crippen molar-refractivity contribution in [2.75, 3.05) is 0 Å². The number of fused-ring (bicyclic) bond motifs is 1. The highest BCUT2D eigenvalue weighted by molar-refractivity contribution is 5.86. The molecule has 2 rings (SSSR count). The third-order valence-corrected chi connectivity index (χ3v) is 3.01. The zero-order chi connectivity index (χ0) is 11.0. The summed E-state index contributed by atoms with van der Waals surface area (Å²) in [5, 5.41) is 1.32. The first-order valence-corrected chi connectivity index (χ1v) is 5.41. The van der Waals surface area contributed by atoms with Crippen molar-refractivity contribution in [3.8, 4) is 0 Å². The van der Waals surface area contributed by atoms with Crippen LogP contribution in [0.5, 0.6) is 0 Å². The van der Waals surface area contributed by atoms with Gasteiger partial charge < -0.3 is 10.7 Å². The first-order chi connectivity index (χ1) is 7.09. The van der Waals surface area contributed by atoms with E-state index in [2.05, 4.69) is 37.2 Å². The summed E-state index contributed by atoms with van der Waals surface area (Å²) in [5.74, 6) is 0. The van der Waals surface area contributed by atoms with Gasteiger partial charge in [0.2, 0.25) is 0 Å². The molecule has 0 aliphatic rings. The smallest absolute Gasteiger partial charge is 0.0489 e. The number of nitrogens with one attached hydrogen (secondary N) is 1. The van der Waals surface area contributed by atoms with Gasteiger partial charge in [0.05, 0.1) is 0 Å². The van der Waals surface area contributed by atoms with Crippen LogP contribution in [0.4, 0.5) is 0 Å². The Labute approximate surface area is 90.5 Å². The van der Waals surface area contributed by atoms with Gasteiger partial charge in [0, 0.05) is 23.1 Å². The summed E-state index contributed by atoms with van der Waals surface area (Å²) in [6.45, 7) is 6.34. The highest BCUT2D eigenvalue weighted by Gasteiger charge is 2.08. The van der Waals surface area contributed by atoms with E-state index in [4.69, 9.17) is 5.73 Å². The van der Waals surface area contributed by atoms with Crippen LogP contribution in [0.1, 0.15) is 23.6 Å². The van der Waals surface area contributed by atoms with Gasteiger partial charge in [-0.3, -0.25) is 0 Å². The van der Waals surface area contributed by atoms with Gasteiger partial charge in [-0.05, 0) is 43.9 Å². The lowest BCUT2D eigenvalue weighted by molar-refractivity contribution is 0.741. The fraction of sp³-hybridized carbons (Fsp3) is 0.385. The van der Waals surface area contributed by atoms with Crippen LogP contribution in [0.25, 0.3) is 10.9 Å². The summed E-state index contributed by atoms with van der Waals surface area (Å²) in [4.78, 5) is 3.35. The molecule has 0 saturated carbocycles. The van der Waals surface area contributed by atoms with E-state index in [1.54, 1.807) is 0 Å². The second-order valence-electron chi connectivity index (χ2n) is 4.43. The minimum atomic E-state index is 0.214.